The first-order valence-corrected chi connectivity index (χ1v) is 10.5. The van der Waals surface area contributed by atoms with E-state index in [2.05, 4.69) is 47.6 Å². The van der Waals surface area contributed by atoms with Crippen LogP contribution in [0.15, 0.2) is 46.9 Å². The number of amides is 2. The van der Waals surface area contributed by atoms with Crippen molar-refractivity contribution in [3.05, 3.63) is 58.1 Å². The first kappa shape index (κ1) is 22.7. The third kappa shape index (κ3) is 7.42. The third-order valence-corrected chi connectivity index (χ3v) is 4.56. The van der Waals surface area contributed by atoms with E-state index in [0.29, 0.717) is 46.2 Å². The van der Waals surface area contributed by atoms with Crippen molar-refractivity contribution in [2.45, 2.75) is 33.6 Å². The Bertz CT molecular complexity index is 822. The van der Waals surface area contributed by atoms with Crippen molar-refractivity contribution in [1.29, 1.82) is 0 Å². The average molecular weight is 463 g/mol. The molecule has 0 aliphatic heterocycles. The second kappa shape index (κ2) is 11.5. The van der Waals surface area contributed by atoms with Crippen LogP contribution in [-0.4, -0.2) is 25.0 Å². The Morgan fingerprint density at radius 1 is 0.966 bits per heavy atom. The van der Waals surface area contributed by atoms with Crippen molar-refractivity contribution in [3.63, 3.8) is 0 Å². The van der Waals surface area contributed by atoms with E-state index in [4.69, 9.17) is 9.47 Å². The maximum absolute atomic E-state index is 12.3. The van der Waals surface area contributed by atoms with E-state index in [1.54, 1.807) is 42.5 Å². The first-order valence-electron chi connectivity index (χ1n) is 9.66. The predicted octanol–water partition coefficient (Wildman–Crippen LogP) is 4.74. The summed E-state index contributed by atoms with van der Waals surface area (Å²) in [5.74, 6) is 0.970. The van der Waals surface area contributed by atoms with Gasteiger partial charge in [0.1, 0.15) is 11.5 Å². The molecule has 0 saturated heterocycles. The maximum Gasteiger partial charge on any atom is 0.269 e. The second-order valence-corrected chi connectivity index (χ2v) is 7.84. The fourth-order valence-corrected chi connectivity index (χ4v) is 2.80. The zero-order valence-electron chi connectivity index (χ0n) is 17.0. The highest BCUT2D eigenvalue weighted by molar-refractivity contribution is 9.10. The normalized spacial score (nSPS) is 10.5. The summed E-state index contributed by atoms with van der Waals surface area (Å²) >= 11 is 3.41. The van der Waals surface area contributed by atoms with Crippen LogP contribution in [0.4, 0.5) is 0 Å². The second-order valence-electron chi connectivity index (χ2n) is 6.98. The number of ether oxygens (including phenoxy) is 2. The lowest BCUT2D eigenvalue weighted by molar-refractivity contribution is 0.0846. The zero-order chi connectivity index (χ0) is 21.2. The largest absolute Gasteiger partial charge is 0.493 e. The summed E-state index contributed by atoms with van der Waals surface area (Å²) in [7, 11) is 0. The molecule has 0 unspecified atom stereocenters. The van der Waals surface area contributed by atoms with Gasteiger partial charge >= 0.3 is 0 Å². The van der Waals surface area contributed by atoms with Gasteiger partial charge in [0, 0.05) is 11.1 Å². The summed E-state index contributed by atoms with van der Waals surface area (Å²) in [5, 5.41) is 0. The van der Waals surface area contributed by atoms with Crippen LogP contribution in [0.5, 0.6) is 11.5 Å². The Hall–Kier alpha value is -2.54. The topological polar surface area (TPSA) is 76.7 Å². The van der Waals surface area contributed by atoms with Gasteiger partial charge in [-0.1, -0.05) is 27.2 Å². The van der Waals surface area contributed by atoms with Gasteiger partial charge < -0.3 is 9.47 Å². The van der Waals surface area contributed by atoms with E-state index < -0.39 is 11.8 Å². The van der Waals surface area contributed by atoms with Gasteiger partial charge in [-0.2, -0.15) is 0 Å². The van der Waals surface area contributed by atoms with Crippen LogP contribution in [-0.2, 0) is 0 Å². The standard InChI is InChI=1S/C22H27BrN2O4/c1-4-5-12-28-20-11-8-17(13-19(20)23)22(27)25-24-21(26)16-6-9-18(10-7-16)29-14-15(2)3/h6-11,13,15H,4-5,12,14H2,1-3H3,(H,24,26)(H,25,27). The minimum atomic E-state index is -0.420. The van der Waals surface area contributed by atoms with Gasteiger partial charge in [0.2, 0.25) is 0 Å². The van der Waals surface area contributed by atoms with Gasteiger partial charge in [-0.15, -0.1) is 0 Å². The molecule has 29 heavy (non-hydrogen) atoms. The minimum absolute atomic E-state index is 0.400. The molecule has 0 bridgehead atoms. The Labute approximate surface area is 180 Å². The molecule has 0 radical (unpaired) electrons. The minimum Gasteiger partial charge on any atom is -0.493 e. The molecule has 2 aromatic rings. The molecule has 0 aliphatic rings. The summed E-state index contributed by atoms with van der Waals surface area (Å²) < 4.78 is 11.9. The molecule has 0 aromatic heterocycles. The molecule has 7 heteroatoms. The molecular weight excluding hydrogens is 436 g/mol. The van der Waals surface area contributed by atoms with Gasteiger partial charge in [-0.25, -0.2) is 0 Å². The predicted molar refractivity (Wildman–Crippen MR) is 116 cm³/mol. The number of hydrogen-bond donors (Lipinski definition) is 2. The highest BCUT2D eigenvalue weighted by atomic mass is 79.9. The smallest absolute Gasteiger partial charge is 0.269 e. The summed E-state index contributed by atoms with van der Waals surface area (Å²) in [5.41, 5.74) is 5.66. The molecule has 156 valence electrons. The summed E-state index contributed by atoms with van der Waals surface area (Å²) in [4.78, 5) is 24.5. The highest BCUT2D eigenvalue weighted by Gasteiger charge is 2.12. The van der Waals surface area contributed by atoms with E-state index in [1.807, 2.05) is 0 Å². The van der Waals surface area contributed by atoms with E-state index in [-0.39, 0.29) is 0 Å². The van der Waals surface area contributed by atoms with Gasteiger partial charge in [0.15, 0.2) is 0 Å². The summed E-state index contributed by atoms with van der Waals surface area (Å²) in [6, 6.07) is 11.8. The van der Waals surface area contributed by atoms with Crippen LogP contribution in [0.1, 0.15) is 54.3 Å². The first-order chi connectivity index (χ1) is 13.9. The quantitative estimate of drug-likeness (QED) is 0.416. The number of hydrazine groups is 1. The molecule has 2 N–H and O–H groups in total. The van der Waals surface area contributed by atoms with Crippen molar-refractivity contribution in [3.8, 4) is 11.5 Å². The molecular formula is C22H27BrN2O4. The highest BCUT2D eigenvalue weighted by Crippen LogP contribution is 2.26. The van der Waals surface area contributed by atoms with E-state index in [1.165, 1.54) is 0 Å². The Kier molecular flexibility index (Phi) is 8.99. The monoisotopic (exact) mass is 462 g/mol. The van der Waals surface area contributed by atoms with Crippen LogP contribution in [0.25, 0.3) is 0 Å². The number of unbranched alkanes of at least 4 members (excludes halogenated alkanes) is 1. The van der Waals surface area contributed by atoms with Crippen molar-refractivity contribution in [1.82, 2.24) is 10.9 Å². The Morgan fingerprint density at radius 3 is 2.17 bits per heavy atom. The van der Waals surface area contributed by atoms with Gasteiger partial charge in [-0.3, -0.25) is 20.4 Å². The fraction of sp³-hybridized carbons (Fsp3) is 0.364. The molecule has 0 saturated carbocycles. The average Bonchev–Trinajstić information content (AvgIpc) is 2.71. The molecule has 2 amide bonds. The van der Waals surface area contributed by atoms with Crippen LogP contribution in [0.2, 0.25) is 0 Å². The molecule has 0 spiro atoms. The molecule has 6 nitrogen and oxygen atoms in total. The van der Waals surface area contributed by atoms with Crippen LogP contribution in [0, 0.1) is 5.92 Å². The SMILES string of the molecule is CCCCOc1ccc(C(=O)NNC(=O)c2ccc(OCC(C)C)cc2)cc1Br. The van der Waals surface area contributed by atoms with Crippen LogP contribution in [0.3, 0.4) is 0 Å². The molecule has 0 fully saturated rings. The third-order valence-electron chi connectivity index (χ3n) is 3.94. The molecule has 2 rings (SSSR count). The van der Waals surface area contributed by atoms with Crippen molar-refractivity contribution >= 4 is 27.7 Å². The van der Waals surface area contributed by atoms with Crippen LogP contribution < -0.4 is 20.3 Å². The van der Waals surface area contributed by atoms with E-state index in [0.717, 1.165) is 12.8 Å². The van der Waals surface area contributed by atoms with Crippen molar-refractivity contribution in [2.24, 2.45) is 5.92 Å². The van der Waals surface area contributed by atoms with Gasteiger partial charge in [-0.05, 0) is 70.7 Å². The van der Waals surface area contributed by atoms with E-state index in [9.17, 15) is 9.59 Å². The van der Waals surface area contributed by atoms with Gasteiger partial charge in [0.05, 0.1) is 17.7 Å². The Morgan fingerprint density at radius 2 is 1.59 bits per heavy atom. The molecule has 0 heterocycles. The number of nitrogens with one attached hydrogen (secondary N) is 2. The van der Waals surface area contributed by atoms with Crippen LogP contribution >= 0.6 is 15.9 Å². The summed E-state index contributed by atoms with van der Waals surface area (Å²) in [6.07, 6.45) is 2.01. The van der Waals surface area contributed by atoms with E-state index >= 15 is 0 Å². The Balaban J connectivity index is 1.88. The molecule has 0 atom stereocenters. The lowest BCUT2D eigenvalue weighted by Gasteiger charge is -2.11. The number of carbonyl (C=O) groups excluding carboxylic acids is 2. The number of rotatable bonds is 9. The zero-order valence-corrected chi connectivity index (χ0v) is 18.5. The fourth-order valence-electron chi connectivity index (χ4n) is 2.31. The lowest BCUT2D eigenvalue weighted by atomic mass is 10.2. The number of halogens is 1. The maximum atomic E-state index is 12.3. The molecule has 2 aromatic carbocycles. The van der Waals surface area contributed by atoms with Crippen molar-refractivity contribution in [2.75, 3.05) is 13.2 Å². The number of hydrogen-bond acceptors (Lipinski definition) is 4. The molecule has 0 aliphatic carbocycles. The lowest BCUT2D eigenvalue weighted by Crippen LogP contribution is -2.41. The number of benzene rings is 2. The van der Waals surface area contributed by atoms with Crippen molar-refractivity contribution < 1.29 is 19.1 Å². The number of carbonyl (C=O) groups is 2. The van der Waals surface area contributed by atoms with Gasteiger partial charge in [0.25, 0.3) is 11.8 Å². The summed E-state index contributed by atoms with van der Waals surface area (Å²) in [6.45, 7) is 7.46.